The fraction of sp³-hybridized carbons (Fsp3) is 0.273. The van der Waals surface area contributed by atoms with Crippen LogP contribution in [0, 0.1) is 0 Å². The first kappa shape index (κ1) is 10.5. The lowest BCUT2D eigenvalue weighted by Gasteiger charge is -2.08. The van der Waals surface area contributed by atoms with Crippen molar-refractivity contribution in [3.05, 3.63) is 41.0 Å². The van der Waals surface area contributed by atoms with Gasteiger partial charge in [-0.15, -0.1) is 0 Å². The lowest BCUT2D eigenvalue weighted by atomic mass is 10.2. The Labute approximate surface area is 97.2 Å². The van der Waals surface area contributed by atoms with Crippen LogP contribution >= 0.6 is 15.9 Å². The Kier molecular flexibility index (Phi) is 3.64. The number of para-hydroxylation sites is 1. The number of hydrogen-bond donors (Lipinski definition) is 1. The minimum Gasteiger partial charge on any atom is -0.493 e. The Morgan fingerprint density at radius 3 is 2.80 bits per heavy atom. The molecule has 0 unspecified atom stereocenters. The average Bonchev–Trinajstić information content (AvgIpc) is 2.66. The van der Waals surface area contributed by atoms with E-state index in [1.54, 1.807) is 0 Å². The Morgan fingerprint density at radius 2 is 2.13 bits per heavy atom. The van der Waals surface area contributed by atoms with Gasteiger partial charge in [0.15, 0.2) is 0 Å². The van der Waals surface area contributed by atoms with Gasteiger partial charge in [-0.25, -0.2) is 0 Å². The van der Waals surface area contributed by atoms with Gasteiger partial charge in [0.05, 0.1) is 6.61 Å². The van der Waals surface area contributed by atoms with Gasteiger partial charge in [0.2, 0.25) is 0 Å². The predicted octanol–water partition coefficient (Wildman–Crippen LogP) is 2.60. The van der Waals surface area contributed by atoms with Gasteiger partial charge < -0.3 is 4.74 Å². The molecule has 0 radical (unpaired) electrons. The highest BCUT2D eigenvalue weighted by Crippen LogP contribution is 2.15. The Morgan fingerprint density at radius 1 is 1.33 bits per heavy atom. The zero-order chi connectivity index (χ0) is 10.5. The highest BCUT2D eigenvalue weighted by molar-refractivity contribution is 9.11. The summed E-state index contributed by atoms with van der Waals surface area (Å²) in [7, 11) is 0. The van der Waals surface area contributed by atoms with Crippen molar-refractivity contribution in [2.24, 2.45) is 0 Å². The van der Waals surface area contributed by atoms with E-state index in [-0.39, 0.29) is 6.10 Å². The van der Waals surface area contributed by atoms with Crippen LogP contribution in [0.25, 0.3) is 0 Å². The molecule has 0 aromatic heterocycles. The molecule has 2 rings (SSSR count). The smallest absolute Gasteiger partial charge is 0.119 e. The molecule has 4 heteroatoms. The zero-order valence-corrected chi connectivity index (χ0v) is 9.74. The van der Waals surface area contributed by atoms with Crippen molar-refractivity contribution in [1.29, 1.82) is 0 Å². The quantitative estimate of drug-likeness (QED) is 0.853. The maximum absolute atomic E-state index is 5.55. The number of hydrogen-bond acceptors (Lipinski definition) is 3. The number of ether oxygens (including phenoxy) is 1. The van der Waals surface area contributed by atoms with Crippen LogP contribution in [-0.4, -0.2) is 12.7 Å². The predicted molar refractivity (Wildman–Crippen MR) is 61.6 cm³/mol. The van der Waals surface area contributed by atoms with E-state index < -0.39 is 0 Å². The fourth-order valence-electron chi connectivity index (χ4n) is 1.32. The Balaban J connectivity index is 1.72. The average molecular weight is 270 g/mol. The number of nitrogens with one attached hydrogen (secondary N) is 1. The second-order valence-electron chi connectivity index (χ2n) is 3.22. The highest BCUT2D eigenvalue weighted by atomic mass is 79.9. The van der Waals surface area contributed by atoms with Crippen molar-refractivity contribution in [2.75, 3.05) is 6.61 Å². The fourth-order valence-corrected chi connectivity index (χ4v) is 1.70. The van der Waals surface area contributed by atoms with Crippen molar-refractivity contribution < 1.29 is 9.57 Å². The molecule has 1 aromatic rings. The molecule has 3 nitrogen and oxygen atoms in total. The lowest BCUT2D eigenvalue weighted by Crippen LogP contribution is -2.14. The summed E-state index contributed by atoms with van der Waals surface area (Å²) in [6.45, 7) is 0.646. The van der Waals surface area contributed by atoms with Crippen LogP contribution in [0.5, 0.6) is 5.75 Å². The largest absolute Gasteiger partial charge is 0.493 e. The van der Waals surface area contributed by atoms with Crippen LogP contribution < -0.4 is 10.2 Å². The molecule has 15 heavy (non-hydrogen) atoms. The van der Waals surface area contributed by atoms with E-state index in [4.69, 9.17) is 9.57 Å². The second kappa shape index (κ2) is 5.19. The van der Waals surface area contributed by atoms with Gasteiger partial charge in [-0.1, -0.05) is 18.2 Å². The summed E-state index contributed by atoms with van der Waals surface area (Å²) in [4.78, 5) is 5.23. The van der Waals surface area contributed by atoms with Gasteiger partial charge in [-0.3, -0.25) is 10.3 Å². The van der Waals surface area contributed by atoms with Crippen LogP contribution in [0.4, 0.5) is 0 Å². The van der Waals surface area contributed by atoms with Gasteiger partial charge in [0.1, 0.15) is 16.5 Å². The van der Waals surface area contributed by atoms with Gasteiger partial charge in [-0.05, 0) is 34.1 Å². The standard InChI is InChI=1S/C11H12BrNO2/c12-11-8-10(15-13-11)6-7-14-9-4-2-1-3-5-9/h1-5,8,10,13H,6-7H2/t10-/m0/s1. The topological polar surface area (TPSA) is 30.5 Å². The summed E-state index contributed by atoms with van der Waals surface area (Å²) < 4.78 is 6.43. The molecule has 0 spiro atoms. The lowest BCUT2D eigenvalue weighted by molar-refractivity contribution is 0.0343. The molecule has 80 valence electrons. The molecule has 0 aliphatic carbocycles. The summed E-state index contributed by atoms with van der Waals surface area (Å²) in [6, 6.07) is 9.77. The summed E-state index contributed by atoms with van der Waals surface area (Å²) >= 11 is 3.30. The monoisotopic (exact) mass is 269 g/mol. The first-order chi connectivity index (χ1) is 7.34. The summed E-state index contributed by atoms with van der Waals surface area (Å²) in [5.41, 5.74) is 2.74. The van der Waals surface area contributed by atoms with Crippen LogP contribution in [0.3, 0.4) is 0 Å². The van der Waals surface area contributed by atoms with Crippen molar-refractivity contribution in [2.45, 2.75) is 12.5 Å². The molecule has 1 atom stereocenters. The van der Waals surface area contributed by atoms with E-state index in [0.29, 0.717) is 6.61 Å². The Hall–Kier alpha value is -1.00. The van der Waals surface area contributed by atoms with Gasteiger partial charge in [-0.2, -0.15) is 0 Å². The number of hydroxylamine groups is 1. The molecule has 1 aromatic carbocycles. The van der Waals surface area contributed by atoms with E-state index in [9.17, 15) is 0 Å². The third-order valence-corrected chi connectivity index (χ3v) is 2.48. The van der Waals surface area contributed by atoms with E-state index >= 15 is 0 Å². The maximum Gasteiger partial charge on any atom is 0.119 e. The molecule has 0 amide bonds. The molecular weight excluding hydrogens is 258 g/mol. The molecular formula is C11H12BrNO2. The van der Waals surface area contributed by atoms with Crippen molar-refractivity contribution in [1.82, 2.24) is 5.48 Å². The number of rotatable bonds is 4. The third kappa shape index (κ3) is 3.25. The van der Waals surface area contributed by atoms with Crippen molar-refractivity contribution in [3.8, 4) is 5.75 Å². The van der Waals surface area contributed by atoms with Gasteiger partial charge in [0.25, 0.3) is 0 Å². The summed E-state index contributed by atoms with van der Waals surface area (Å²) in [6.07, 6.45) is 2.90. The van der Waals surface area contributed by atoms with E-state index in [1.807, 2.05) is 36.4 Å². The SMILES string of the molecule is BrC1=C[C@H](CCOc2ccccc2)ON1. The van der Waals surface area contributed by atoms with E-state index in [1.165, 1.54) is 0 Å². The molecule has 1 aliphatic heterocycles. The van der Waals surface area contributed by atoms with Gasteiger partial charge in [0, 0.05) is 6.42 Å². The molecule has 0 bridgehead atoms. The minimum absolute atomic E-state index is 0.0862. The molecule has 0 saturated heterocycles. The second-order valence-corrected chi connectivity index (χ2v) is 4.08. The van der Waals surface area contributed by atoms with E-state index in [2.05, 4.69) is 21.4 Å². The summed E-state index contributed by atoms with van der Waals surface area (Å²) in [5.74, 6) is 0.895. The van der Waals surface area contributed by atoms with Crippen LogP contribution in [-0.2, 0) is 4.84 Å². The third-order valence-electron chi connectivity index (χ3n) is 2.05. The van der Waals surface area contributed by atoms with Crippen molar-refractivity contribution in [3.63, 3.8) is 0 Å². The molecule has 1 aliphatic rings. The van der Waals surface area contributed by atoms with Crippen LogP contribution in [0.15, 0.2) is 41.0 Å². The highest BCUT2D eigenvalue weighted by Gasteiger charge is 2.14. The number of halogens is 1. The molecule has 1 N–H and O–H groups in total. The minimum atomic E-state index is 0.0862. The zero-order valence-electron chi connectivity index (χ0n) is 8.15. The molecule has 0 saturated carbocycles. The molecule has 0 fully saturated rings. The van der Waals surface area contributed by atoms with Gasteiger partial charge >= 0.3 is 0 Å². The van der Waals surface area contributed by atoms with Crippen LogP contribution in [0.1, 0.15) is 6.42 Å². The molecule has 1 heterocycles. The van der Waals surface area contributed by atoms with E-state index in [0.717, 1.165) is 16.8 Å². The maximum atomic E-state index is 5.55. The first-order valence-electron chi connectivity index (χ1n) is 4.81. The summed E-state index contributed by atoms with van der Waals surface area (Å²) in [5, 5.41) is 0. The first-order valence-corrected chi connectivity index (χ1v) is 5.61. The van der Waals surface area contributed by atoms with Crippen molar-refractivity contribution >= 4 is 15.9 Å². The Bertz CT molecular complexity index is 340. The number of benzene rings is 1. The van der Waals surface area contributed by atoms with Crippen LogP contribution in [0.2, 0.25) is 0 Å². The normalized spacial score (nSPS) is 19.5.